The zero-order valence-electron chi connectivity index (χ0n) is 14.9. The van der Waals surface area contributed by atoms with E-state index in [9.17, 15) is 4.79 Å². The van der Waals surface area contributed by atoms with Crippen molar-refractivity contribution in [3.05, 3.63) is 53.6 Å². The predicted molar refractivity (Wildman–Crippen MR) is 97.7 cm³/mol. The molecule has 1 atom stereocenters. The van der Waals surface area contributed by atoms with Gasteiger partial charge < -0.3 is 24.3 Å². The lowest BCUT2D eigenvalue weighted by Crippen LogP contribution is -2.25. The molecular formula is C20H21NO5. The highest BCUT2D eigenvalue weighted by atomic mass is 16.7. The number of ether oxygens (including phenoxy) is 4. The Hall–Kier alpha value is -3.15. The molecule has 1 aliphatic rings. The number of nitrogens with one attached hydrogen (secondary N) is 1. The second kappa shape index (κ2) is 7.82. The average Bonchev–Trinajstić information content (AvgIpc) is 3.13. The van der Waals surface area contributed by atoms with Crippen LogP contribution in [-0.4, -0.2) is 26.9 Å². The van der Waals surface area contributed by atoms with Crippen LogP contribution in [0.15, 0.2) is 42.5 Å². The van der Waals surface area contributed by atoms with E-state index in [0.717, 1.165) is 11.1 Å². The summed E-state index contributed by atoms with van der Waals surface area (Å²) < 4.78 is 21.2. The summed E-state index contributed by atoms with van der Waals surface area (Å²) in [6.45, 7) is 2.12. The quantitative estimate of drug-likeness (QED) is 0.805. The number of rotatable bonds is 6. The Morgan fingerprint density at radius 3 is 2.69 bits per heavy atom. The minimum Gasteiger partial charge on any atom is -0.497 e. The van der Waals surface area contributed by atoms with Gasteiger partial charge >= 0.3 is 0 Å². The molecular weight excluding hydrogens is 334 g/mol. The summed E-state index contributed by atoms with van der Waals surface area (Å²) in [7, 11) is 3.20. The van der Waals surface area contributed by atoms with Crippen molar-refractivity contribution in [1.29, 1.82) is 0 Å². The number of hydrogen-bond donors (Lipinski definition) is 1. The van der Waals surface area contributed by atoms with Crippen LogP contribution in [0.3, 0.4) is 0 Å². The van der Waals surface area contributed by atoms with Gasteiger partial charge in [-0.3, -0.25) is 4.79 Å². The van der Waals surface area contributed by atoms with Gasteiger partial charge in [0, 0.05) is 11.6 Å². The Balaban J connectivity index is 1.68. The smallest absolute Gasteiger partial charge is 0.244 e. The number of methoxy groups -OCH3 is 2. The van der Waals surface area contributed by atoms with Crippen molar-refractivity contribution in [2.45, 2.75) is 13.0 Å². The SMILES string of the molecule is COc1ccc(OC)c([C@@H](C)NC(=O)/C=C/c2ccc3c(c2)OCO3)c1. The molecule has 26 heavy (non-hydrogen) atoms. The maximum Gasteiger partial charge on any atom is 0.244 e. The van der Waals surface area contributed by atoms with Crippen molar-refractivity contribution < 1.29 is 23.7 Å². The third-order valence-corrected chi connectivity index (χ3v) is 4.09. The third-order valence-electron chi connectivity index (χ3n) is 4.09. The van der Waals surface area contributed by atoms with E-state index < -0.39 is 0 Å². The van der Waals surface area contributed by atoms with Crippen LogP contribution in [-0.2, 0) is 4.79 Å². The van der Waals surface area contributed by atoms with Gasteiger partial charge in [0.1, 0.15) is 11.5 Å². The highest BCUT2D eigenvalue weighted by Gasteiger charge is 2.15. The summed E-state index contributed by atoms with van der Waals surface area (Å²) in [5.41, 5.74) is 1.70. The van der Waals surface area contributed by atoms with Gasteiger partial charge in [-0.25, -0.2) is 0 Å². The van der Waals surface area contributed by atoms with E-state index in [-0.39, 0.29) is 18.7 Å². The van der Waals surface area contributed by atoms with E-state index >= 15 is 0 Å². The zero-order chi connectivity index (χ0) is 18.5. The molecule has 0 aromatic heterocycles. The molecule has 136 valence electrons. The summed E-state index contributed by atoms with van der Waals surface area (Å²) in [5.74, 6) is 2.59. The molecule has 0 saturated heterocycles. The van der Waals surface area contributed by atoms with Gasteiger partial charge in [-0.2, -0.15) is 0 Å². The number of amides is 1. The van der Waals surface area contributed by atoms with Crippen LogP contribution in [0, 0.1) is 0 Å². The number of carbonyl (C=O) groups is 1. The summed E-state index contributed by atoms with van der Waals surface area (Å²) in [6, 6.07) is 10.8. The van der Waals surface area contributed by atoms with Gasteiger partial charge in [-0.05, 0) is 48.9 Å². The van der Waals surface area contributed by atoms with Gasteiger partial charge in [-0.15, -0.1) is 0 Å². The van der Waals surface area contributed by atoms with Crippen molar-refractivity contribution >= 4 is 12.0 Å². The molecule has 0 radical (unpaired) electrons. The van der Waals surface area contributed by atoms with Crippen LogP contribution in [0.4, 0.5) is 0 Å². The molecule has 1 N–H and O–H groups in total. The second-order valence-corrected chi connectivity index (χ2v) is 5.78. The van der Waals surface area contributed by atoms with Gasteiger partial charge in [-0.1, -0.05) is 6.07 Å². The van der Waals surface area contributed by atoms with Crippen LogP contribution in [0.5, 0.6) is 23.0 Å². The Kier molecular flexibility index (Phi) is 5.31. The van der Waals surface area contributed by atoms with E-state index in [2.05, 4.69) is 5.32 Å². The number of hydrogen-bond acceptors (Lipinski definition) is 5. The van der Waals surface area contributed by atoms with Crippen LogP contribution < -0.4 is 24.3 Å². The van der Waals surface area contributed by atoms with Crippen LogP contribution in [0.25, 0.3) is 6.08 Å². The predicted octanol–water partition coefficient (Wildman–Crippen LogP) is 3.32. The molecule has 2 aromatic carbocycles. The van der Waals surface area contributed by atoms with Crippen molar-refractivity contribution in [3.63, 3.8) is 0 Å². The molecule has 0 saturated carbocycles. The molecule has 1 aliphatic heterocycles. The fraction of sp³-hybridized carbons (Fsp3) is 0.250. The molecule has 1 amide bonds. The summed E-state index contributed by atoms with van der Waals surface area (Å²) in [5, 5.41) is 2.93. The monoisotopic (exact) mass is 355 g/mol. The van der Waals surface area contributed by atoms with E-state index in [1.54, 1.807) is 20.3 Å². The topological polar surface area (TPSA) is 66.0 Å². The second-order valence-electron chi connectivity index (χ2n) is 5.78. The van der Waals surface area contributed by atoms with Crippen LogP contribution in [0.1, 0.15) is 24.1 Å². The highest BCUT2D eigenvalue weighted by Crippen LogP contribution is 2.33. The van der Waals surface area contributed by atoms with E-state index in [4.69, 9.17) is 18.9 Å². The van der Waals surface area contributed by atoms with E-state index in [1.165, 1.54) is 6.08 Å². The van der Waals surface area contributed by atoms with Crippen LogP contribution >= 0.6 is 0 Å². The Morgan fingerprint density at radius 1 is 1.12 bits per heavy atom. The lowest BCUT2D eigenvalue weighted by atomic mass is 10.1. The first kappa shape index (κ1) is 17.7. The fourth-order valence-electron chi connectivity index (χ4n) is 2.71. The van der Waals surface area contributed by atoms with Gasteiger partial charge in [0.05, 0.1) is 20.3 Å². The first-order valence-electron chi connectivity index (χ1n) is 8.21. The zero-order valence-corrected chi connectivity index (χ0v) is 14.9. The number of benzene rings is 2. The Morgan fingerprint density at radius 2 is 1.92 bits per heavy atom. The van der Waals surface area contributed by atoms with Crippen molar-refractivity contribution in [2.24, 2.45) is 0 Å². The molecule has 2 aromatic rings. The van der Waals surface area contributed by atoms with E-state index in [1.807, 2.05) is 43.3 Å². The largest absolute Gasteiger partial charge is 0.497 e. The molecule has 0 fully saturated rings. The highest BCUT2D eigenvalue weighted by molar-refractivity contribution is 5.92. The van der Waals surface area contributed by atoms with Crippen molar-refractivity contribution in [1.82, 2.24) is 5.32 Å². The first-order chi connectivity index (χ1) is 12.6. The lowest BCUT2D eigenvalue weighted by molar-refractivity contribution is -0.117. The summed E-state index contributed by atoms with van der Waals surface area (Å²) >= 11 is 0. The van der Waals surface area contributed by atoms with Crippen molar-refractivity contribution in [3.8, 4) is 23.0 Å². The van der Waals surface area contributed by atoms with Gasteiger partial charge in [0.2, 0.25) is 12.7 Å². The molecule has 0 unspecified atom stereocenters. The molecule has 0 spiro atoms. The molecule has 1 heterocycles. The van der Waals surface area contributed by atoms with Gasteiger partial charge in [0.15, 0.2) is 11.5 Å². The third kappa shape index (κ3) is 3.91. The van der Waals surface area contributed by atoms with Crippen LogP contribution in [0.2, 0.25) is 0 Å². The molecule has 0 aliphatic carbocycles. The maximum atomic E-state index is 12.3. The Bertz CT molecular complexity index is 831. The van der Waals surface area contributed by atoms with Gasteiger partial charge in [0.25, 0.3) is 0 Å². The average molecular weight is 355 g/mol. The Labute approximate surface area is 152 Å². The molecule has 6 heteroatoms. The molecule has 6 nitrogen and oxygen atoms in total. The lowest BCUT2D eigenvalue weighted by Gasteiger charge is -2.17. The minimum atomic E-state index is -0.242. The first-order valence-corrected chi connectivity index (χ1v) is 8.21. The standard InChI is InChI=1S/C20H21NO5/c1-13(16-11-15(23-2)6-8-17(16)24-3)21-20(22)9-5-14-4-7-18-19(10-14)26-12-25-18/h4-11,13H,12H2,1-3H3,(H,21,22)/b9-5+/t13-/m1/s1. The molecule has 0 bridgehead atoms. The summed E-state index contributed by atoms with van der Waals surface area (Å²) in [4.78, 5) is 12.3. The number of fused-ring (bicyclic) bond motifs is 1. The van der Waals surface area contributed by atoms with E-state index in [0.29, 0.717) is 23.0 Å². The summed E-state index contributed by atoms with van der Waals surface area (Å²) in [6.07, 6.45) is 3.22. The minimum absolute atomic E-state index is 0.208. The molecule has 3 rings (SSSR count). The van der Waals surface area contributed by atoms with Crippen molar-refractivity contribution in [2.75, 3.05) is 21.0 Å². The number of carbonyl (C=O) groups excluding carboxylic acids is 1. The maximum absolute atomic E-state index is 12.3. The fourth-order valence-corrected chi connectivity index (χ4v) is 2.71. The normalized spacial score (nSPS) is 13.5.